The zero-order valence-electron chi connectivity index (χ0n) is 8.58. The highest BCUT2D eigenvalue weighted by Gasteiger charge is 2.08. The molecule has 0 aliphatic heterocycles. The lowest BCUT2D eigenvalue weighted by Crippen LogP contribution is -1.94. The van der Waals surface area contributed by atoms with Gasteiger partial charge in [-0.25, -0.2) is 9.78 Å². The van der Waals surface area contributed by atoms with Crippen LogP contribution >= 0.6 is 23.1 Å². The summed E-state index contributed by atoms with van der Waals surface area (Å²) in [5.74, 6) is 0.862. The first-order valence-corrected chi connectivity index (χ1v) is 6.44. The summed E-state index contributed by atoms with van der Waals surface area (Å²) in [6.07, 6.45) is 3.65. The summed E-state index contributed by atoms with van der Waals surface area (Å²) >= 11 is 2.85. The van der Waals surface area contributed by atoms with E-state index in [1.165, 1.54) is 11.3 Å². The number of aromatic nitrogens is 2. The number of hydrogen-bond donors (Lipinski definition) is 1. The average Bonchev–Trinajstić information content (AvgIpc) is 2.83. The summed E-state index contributed by atoms with van der Waals surface area (Å²) in [7, 11) is 1.94. The third kappa shape index (κ3) is 2.45. The van der Waals surface area contributed by atoms with E-state index in [-0.39, 0.29) is 0 Å². The molecule has 2 heterocycles. The van der Waals surface area contributed by atoms with Crippen LogP contribution in [0.2, 0.25) is 0 Å². The second-order valence-electron chi connectivity index (χ2n) is 3.19. The molecular formula is C10H10N2O2S2. The molecule has 16 heavy (non-hydrogen) atoms. The maximum absolute atomic E-state index is 10.7. The zero-order chi connectivity index (χ0) is 11.5. The Morgan fingerprint density at radius 2 is 2.50 bits per heavy atom. The van der Waals surface area contributed by atoms with Gasteiger partial charge in [0, 0.05) is 29.7 Å². The van der Waals surface area contributed by atoms with Crippen LogP contribution in [0.5, 0.6) is 0 Å². The van der Waals surface area contributed by atoms with E-state index >= 15 is 0 Å². The summed E-state index contributed by atoms with van der Waals surface area (Å²) in [5, 5.41) is 10.6. The monoisotopic (exact) mass is 254 g/mol. The molecule has 0 radical (unpaired) electrons. The summed E-state index contributed by atoms with van der Waals surface area (Å²) < 4.78 is 1.96. The third-order valence-corrected chi connectivity index (χ3v) is 4.11. The summed E-state index contributed by atoms with van der Waals surface area (Å²) in [5.41, 5.74) is 0. The predicted octanol–water partition coefficient (Wildman–Crippen LogP) is 2.47. The minimum atomic E-state index is -0.867. The molecule has 0 aromatic carbocycles. The quantitative estimate of drug-likeness (QED) is 0.852. The van der Waals surface area contributed by atoms with Crippen molar-refractivity contribution >= 4 is 29.1 Å². The molecule has 84 valence electrons. The van der Waals surface area contributed by atoms with Crippen molar-refractivity contribution in [2.45, 2.75) is 10.6 Å². The molecule has 0 fully saturated rings. The van der Waals surface area contributed by atoms with Gasteiger partial charge in [0.2, 0.25) is 0 Å². The van der Waals surface area contributed by atoms with Gasteiger partial charge in [-0.15, -0.1) is 23.1 Å². The SMILES string of the molecule is Cn1ccnc1CSc1csc(C(=O)O)c1. The first kappa shape index (κ1) is 11.2. The molecule has 0 spiro atoms. The van der Waals surface area contributed by atoms with Crippen LogP contribution in [0.1, 0.15) is 15.5 Å². The van der Waals surface area contributed by atoms with Gasteiger partial charge in [0.15, 0.2) is 0 Å². The molecule has 0 bridgehead atoms. The first-order valence-electron chi connectivity index (χ1n) is 4.57. The number of carbonyl (C=O) groups is 1. The smallest absolute Gasteiger partial charge is 0.345 e. The fourth-order valence-corrected chi connectivity index (χ4v) is 3.06. The van der Waals surface area contributed by atoms with Gasteiger partial charge in [-0.05, 0) is 6.07 Å². The van der Waals surface area contributed by atoms with Crippen LogP contribution in [0, 0.1) is 0 Å². The lowest BCUT2D eigenvalue weighted by Gasteiger charge is -1.99. The Morgan fingerprint density at radius 3 is 3.06 bits per heavy atom. The summed E-state index contributed by atoms with van der Waals surface area (Å²) in [6, 6.07) is 1.70. The summed E-state index contributed by atoms with van der Waals surface area (Å²) in [4.78, 5) is 16.2. The van der Waals surface area contributed by atoms with Crippen molar-refractivity contribution in [3.63, 3.8) is 0 Å². The molecule has 2 aromatic heterocycles. The van der Waals surface area contributed by atoms with E-state index in [0.29, 0.717) is 4.88 Å². The minimum absolute atomic E-state index is 0.377. The molecule has 0 atom stereocenters. The average molecular weight is 254 g/mol. The second kappa shape index (κ2) is 4.71. The molecular weight excluding hydrogens is 244 g/mol. The molecule has 0 unspecified atom stereocenters. The van der Waals surface area contributed by atoms with Crippen LogP contribution in [-0.2, 0) is 12.8 Å². The van der Waals surface area contributed by atoms with Gasteiger partial charge in [-0.1, -0.05) is 0 Å². The first-order chi connectivity index (χ1) is 7.66. The van der Waals surface area contributed by atoms with Gasteiger partial charge in [-0.2, -0.15) is 0 Å². The fourth-order valence-electron chi connectivity index (χ4n) is 1.19. The minimum Gasteiger partial charge on any atom is -0.477 e. The van der Waals surface area contributed by atoms with Crippen molar-refractivity contribution in [2.75, 3.05) is 0 Å². The van der Waals surface area contributed by atoms with Crippen LogP contribution in [-0.4, -0.2) is 20.6 Å². The fraction of sp³-hybridized carbons (Fsp3) is 0.200. The third-order valence-electron chi connectivity index (χ3n) is 2.08. The molecule has 0 aliphatic carbocycles. The Kier molecular flexibility index (Phi) is 3.31. The van der Waals surface area contributed by atoms with E-state index in [4.69, 9.17) is 5.11 Å². The number of thiophene rings is 1. The molecule has 6 heteroatoms. The van der Waals surface area contributed by atoms with E-state index in [9.17, 15) is 4.79 Å². The number of hydrogen-bond acceptors (Lipinski definition) is 4. The second-order valence-corrected chi connectivity index (χ2v) is 5.15. The van der Waals surface area contributed by atoms with E-state index in [0.717, 1.165) is 16.5 Å². The van der Waals surface area contributed by atoms with E-state index < -0.39 is 5.97 Å². The van der Waals surface area contributed by atoms with Crippen LogP contribution < -0.4 is 0 Å². The standard InChI is InChI=1S/C10H10N2O2S2/c1-12-3-2-11-9(12)6-15-7-4-8(10(13)14)16-5-7/h2-5H,6H2,1H3,(H,13,14). The van der Waals surface area contributed by atoms with Crippen LogP contribution in [0.15, 0.2) is 28.7 Å². The maximum atomic E-state index is 10.7. The highest BCUT2D eigenvalue weighted by molar-refractivity contribution is 7.98. The van der Waals surface area contributed by atoms with Gasteiger partial charge in [-0.3, -0.25) is 0 Å². The molecule has 1 N–H and O–H groups in total. The number of carboxylic acid groups (broad SMARTS) is 1. The number of aryl methyl sites for hydroxylation is 1. The van der Waals surface area contributed by atoms with Crippen molar-refractivity contribution in [3.8, 4) is 0 Å². The summed E-state index contributed by atoms with van der Waals surface area (Å²) in [6.45, 7) is 0. The van der Waals surface area contributed by atoms with Crippen molar-refractivity contribution in [3.05, 3.63) is 34.5 Å². The number of aromatic carboxylic acids is 1. The van der Waals surface area contributed by atoms with Gasteiger partial charge in [0.25, 0.3) is 0 Å². The molecule has 0 amide bonds. The van der Waals surface area contributed by atoms with Crippen molar-refractivity contribution in [1.82, 2.24) is 9.55 Å². The molecule has 0 saturated carbocycles. The number of carboxylic acids is 1. The highest BCUT2D eigenvalue weighted by Crippen LogP contribution is 2.27. The Morgan fingerprint density at radius 1 is 1.69 bits per heavy atom. The van der Waals surface area contributed by atoms with E-state index in [2.05, 4.69) is 4.98 Å². The largest absolute Gasteiger partial charge is 0.477 e. The topological polar surface area (TPSA) is 55.1 Å². The lowest BCUT2D eigenvalue weighted by molar-refractivity contribution is 0.0702. The van der Waals surface area contributed by atoms with Gasteiger partial charge in [0.1, 0.15) is 10.7 Å². The van der Waals surface area contributed by atoms with Crippen molar-refractivity contribution in [1.29, 1.82) is 0 Å². The zero-order valence-corrected chi connectivity index (χ0v) is 10.2. The Bertz CT molecular complexity index is 504. The lowest BCUT2D eigenvalue weighted by atomic mass is 10.5. The van der Waals surface area contributed by atoms with Crippen molar-refractivity contribution in [2.24, 2.45) is 7.05 Å². The molecule has 2 rings (SSSR count). The Hall–Kier alpha value is -1.27. The van der Waals surface area contributed by atoms with Gasteiger partial charge < -0.3 is 9.67 Å². The number of nitrogens with zero attached hydrogens (tertiary/aromatic N) is 2. The number of imidazole rings is 1. The van der Waals surface area contributed by atoms with Gasteiger partial charge in [0.05, 0.1) is 5.75 Å². The Labute approximate surface area is 101 Å². The van der Waals surface area contributed by atoms with Crippen LogP contribution in [0.3, 0.4) is 0 Å². The molecule has 2 aromatic rings. The molecule has 0 saturated heterocycles. The normalized spacial score (nSPS) is 10.6. The van der Waals surface area contributed by atoms with Crippen LogP contribution in [0.4, 0.5) is 0 Å². The van der Waals surface area contributed by atoms with E-state index in [1.54, 1.807) is 24.0 Å². The molecule has 0 aliphatic rings. The predicted molar refractivity (Wildman–Crippen MR) is 64.0 cm³/mol. The highest BCUT2D eigenvalue weighted by atomic mass is 32.2. The van der Waals surface area contributed by atoms with Gasteiger partial charge >= 0.3 is 5.97 Å². The number of rotatable bonds is 4. The Balaban J connectivity index is 2.00. The van der Waals surface area contributed by atoms with Crippen LogP contribution in [0.25, 0.3) is 0 Å². The van der Waals surface area contributed by atoms with Crippen molar-refractivity contribution < 1.29 is 9.90 Å². The molecule has 4 nitrogen and oxygen atoms in total. The maximum Gasteiger partial charge on any atom is 0.345 e. The number of thioether (sulfide) groups is 1. The van der Waals surface area contributed by atoms with E-state index in [1.807, 2.05) is 23.2 Å².